The van der Waals surface area contributed by atoms with E-state index >= 15 is 0 Å². The average Bonchev–Trinajstić information content (AvgIpc) is 2.84. The van der Waals surface area contributed by atoms with Gasteiger partial charge >= 0.3 is 0 Å². The largest absolute Gasteiger partial charge is 0.356 e. The van der Waals surface area contributed by atoms with Gasteiger partial charge in [-0.25, -0.2) is 4.98 Å². The second-order valence-electron chi connectivity index (χ2n) is 7.06. The third kappa shape index (κ3) is 8.18. The number of benzene rings is 2. The lowest BCUT2D eigenvalue weighted by atomic mass is 10.2. The first kappa shape index (κ1) is 25.8. The van der Waals surface area contributed by atoms with Crippen LogP contribution in [-0.4, -0.2) is 27.0 Å². The molecule has 2 aromatic carbocycles. The van der Waals surface area contributed by atoms with Crippen molar-refractivity contribution in [2.45, 2.75) is 19.3 Å². The highest BCUT2D eigenvalue weighted by Crippen LogP contribution is 2.15. The summed E-state index contributed by atoms with van der Waals surface area (Å²) >= 11 is 21.6. The molecule has 1 atom stereocenters. The number of halogens is 2. The number of anilines is 2. The van der Waals surface area contributed by atoms with E-state index in [2.05, 4.69) is 49.3 Å². The molecular weight excluding hydrogens is 509 g/mol. The molecule has 0 bridgehead atoms. The number of nitrogens with zero attached hydrogens (tertiary/aromatic N) is 3. The Bertz CT molecular complexity index is 1180. The normalized spacial score (nSPS) is 12.6. The molecule has 7 nitrogen and oxygen atoms in total. The summed E-state index contributed by atoms with van der Waals surface area (Å²) in [7, 11) is 0. The number of hydrazone groups is 2. The zero-order valence-corrected chi connectivity index (χ0v) is 21.6. The van der Waals surface area contributed by atoms with Crippen molar-refractivity contribution < 1.29 is 0 Å². The SMILES string of the molecule is C/C(=N\NC(=S)Nc1ccc(Cl)cc1)c1cccc(/C(C)=N/NC(S)Nc2ccc(Cl)cc2)n1. The maximum atomic E-state index is 5.91. The van der Waals surface area contributed by atoms with E-state index in [1.54, 1.807) is 24.3 Å². The Hall–Kier alpha value is -2.85. The van der Waals surface area contributed by atoms with Crippen LogP contribution in [0, 0.1) is 0 Å². The minimum atomic E-state index is -0.402. The Labute approximate surface area is 219 Å². The van der Waals surface area contributed by atoms with Gasteiger partial charge in [0.15, 0.2) is 10.6 Å². The number of thiol groups is 1. The highest BCUT2D eigenvalue weighted by molar-refractivity contribution is 7.81. The Morgan fingerprint density at radius 3 is 1.97 bits per heavy atom. The van der Waals surface area contributed by atoms with Crippen LogP contribution in [0.4, 0.5) is 11.4 Å². The molecule has 0 aliphatic heterocycles. The van der Waals surface area contributed by atoms with Crippen molar-refractivity contribution in [2.75, 3.05) is 10.6 Å². The van der Waals surface area contributed by atoms with E-state index in [4.69, 9.17) is 35.4 Å². The number of aromatic nitrogens is 1. The van der Waals surface area contributed by atoms with Gasteiger partial charge in [0, 0.05) is 21.4 Å². The average molecular weight is 533 g/mol. The van der Waals surface area contributed by atoms with Gasteiger partial charge in [0.05, 0.1) is 22.8 Å². The van der Waals surface area contributed by atoms with E-state index in [0.717, 1.165) is 11.4 Å². The Morgan fingerprint density at radius 1 is 0.853 bits per heavy atom. The van der Waals surface area contributed by atoms with Crippen molar-refractivity contribution in [3.63, 3.8) is 0 Å². The summed E-state index contributed by atoms with van der Waals surface area (Å²) in [6, 6.07) is 20.2. The molecular formula is C23H23Cl2N7S2. The van der Waals surface area contributed by atoms with Crippen molar-refractivity contribution in [1.29, 1.82) is 0 Å². The van der Waals surface area contributed by atoms with Gasteiger partial charge in [-0.3, -0.25) is 10.9 Å². The van der Waals surface area contributed by atoms with Crippen molar-refractivity contribution in [3.05, 3.63) is 88.2 Å². The molecule has 0 fully saturated rings. The molecule has 4 N–H and O–H groups in total. The van der Waals surface area contributed by atoms with Crippen LogP contribution in [0.15, 0.2) is 76.9 Å². The fourth-order valence-electron chi connectivity index (χ4n) is 2.67. The predicted molar refractivity (Wildman–Crippen MR) is 150 cm³/mol. The van der Waals surface area contributed by atoms with Gasteiger partial charge in [0.1, 0.15) is 0 Å². The standard InChI is InChI=1S/C23H23Cl2N7S2/c1-14(29-31-22(33)26-18-10-6-16(24)7-11-18)20-4-3-5-21(28-20)15(2)30-32-23(34)27-19-12-8-17(25)9-13-19/h3-13,22,26,31,33H,1-2H3,(H2,27,32,34)/b29-14+,30-15+. The summed E-state index contributed by atoms with van der Waals surface area (Å²) in [6.07, 6.45) is 0. The van der Waals surface area contributed by atoms with E-state index in [1.165, 1.54) is 0 Å². The van der Waals surface area contributed by atoms with Crippen LogP contribution in [0.3, 0.4) is 0 Å². The van der Waals surface area contributed by atoms with Gasteiger partial charge in [-0.2, -0.15) is 10.2 Å². The molecule has 34 heavy (non-hydrogen) atoms. The molecule has 0 aliphatic rings. The number of hydrogen-bond acceptors (Lipinski definition) is 7. The van der Waals surface area contributed by atoms with Crippen LogP contribution in [0.1, 0.15) is 25.2 Å². The zero-order valence-electron chi connectivity index (χ0n) is 18.4. The summed E-state index contributed by atoms with van der Waals surface area (Å²) in [5, 5.41) is 16.6. The second-order valence-corrected chi connectivity index (χ2v) is 8.86. The molecule has 0 spiro atoms. The number of nitrogens with one attached hydrogen (secondary N) is 4. The molecule has 3 aromatic rings. The number of thiocarbonyl (C=S) groups is 1. The van der Waals surface area contributed by atoms with Crippen LogP contribution in [0.5, 0.6) is 0 Å². The third-order valence-electron chi connectivity index (χ3n) is 4.42. The first-order chi connectivity index (χ1) is 16.3. The molecule has 1 aromatic heterocycles. The Balaban J connectivity index is 1.58. The van der Waals surface area contributed by atoms with E-state index in [-0.39, 0.29) is 0 Å². The first-order valence-electron chi connectivity index (χ1n) is 10.1. The van der Waals surface area contributed by atoms with Crippen LogP contribution >= 0.6 is 48.0 Å². The number of rotatable bonds is 8. The molecule has 1 heterocycles. The van der Waals surface area contributed by atoms with Gasteiger partial charge in [-0.15, -0.1) is 12.6 Å². The molecule has 3 rings (SSSR count). The first-order valence-corrected chi connectivity index (χ1v) is 11.8. The van der Waals surface area contributed by atoms with Gasteiger partial charge in [0.25, 0.3) is 0 Å². The molecule has 11 heteroatoms. The fourth-order valence-corrected chi connectivity index (χ4v) is 3.30. The quantitative estimate of drug-likeness (QED) is 0.0837. The van der Waals surface area contributed by atoms with Gasteiger partial charge in [-0.1, -0.05) is 29.3 Å². The fraction of sp³-hybridized carbons (Fsp3) is 0.130. The van der Waals surface area contributed by atoms with Crippen molar-refractivity contribution >= 4 is 76.0 Å². The molecule has 0 aliphatic carbocycles. The van der Waals surface area contributed by atoms with Gasteiger partial charge in [-0.05, 0) is 86.7 Å². The number of hydrogen-bond donors (Lipinski definition) is 5. The Morgan fingerprint density at radius 2 is 1.38 bits per heavy atom. The summed E-state index contributed by atoms with van der Waals surface area (Å²) in [5.74, 6) is 0. The minimum Gasteiger partial charge on any atom is -0.356 e. The zero-order chi connectivity index (χ0) is 24.5. The lowest BCUT2D eigenvalue weighted by molar-refractivity contribution is 0.750. The van der Waals surface area contributed by atoms with E-state index in [9.17, 15) is 0 Å². The van der Waals surface area contributed by atoms with Crippen molar-refractivity contribution in [1.82, 2.24) is 15.8 Å². The monoisotopic (exact) mass is 531 g/mol. The van der Waals surface area contributed by atoms with Crippen LogP contribution in [0.25, 0.3) is 0 Å². The smallest absolute Gasteiger partial charge is 0.191 e. The van der Waals surface area contributed by atoms with Crippen LogP contribution in [-0.2, 0) is 0 Å². The Kier molecular flexibility index (Phi) is 9.52. The summed E-state index contributed by atoms with van der Waals surface area (Å²) in [5.41, 5.74) is 9.80. The van der Waals surface area contributed by atoms with Crippen LogP contribution in [0.2, 0.25) is 10.0 Å². The van der Waals surface area contributed by atoms with E-state index in [1.807, 2.05) is 56.3 Å². The van der Waals surface area contributed by atoms with Crippen molar-refractivity contribution in [2.24, 2.45) is 10.2 Å². The molecule has 1 unspecified atom stereocenters. The van der Waals surface area contributed by atoms with Gasteiger partial charge < -0.3 is 10.6 Å². The van der Waals surface area contributed by atoms with E-state index in [0.29, 0.717) is 38.0 Å². The second kappa shape index (κ2) is 12.6. The summed E-state index contributed by atoms with van der Waals surface area (Å²) in [6.45, 7) is 3.70. The number of pyridine rings is 1. The van der Waals surface area contributed by atoms with E-state index < -0.39 is 5.50 Å². The topological polar surface area (TPSA) is 85.7 Å². The molecule has 0 saturated heterocycles. The lowest BCUT2D eigenvalue weighted by Crippen LogP contribution is -2.28. The van der Waals surface area contributed by atoms with Gasteiger partial charge in [0.2, 0.25) is 0 Å². The molecule has 176 valence electrons. The molecule has 0 saturated carbocycles. The predicted octanol–water partition coefficient (Wildman–Crippen LogP) is 5.74. The third-order valence-corrected chi connectivity index (χ3v) is 5.36. The van der Waals surface area contributed by atoms with Crippen LogP contribution < -0.4 is 21.5 Å². The maximum Gasteiger partial charge on any atom is 0.191 e. The lowest BCUT2D eigenvalue weighted by Gasteiger charge is -2.14. The summed E-state index contributed by atoms with van der Waals surface area (Å²) < 4.78 is 0. The minimum absolute atomic E-state index is 0.354. The molecule has 0 radical (unpaired) electrons. The molecule has 0 amide bonds. The summed E-state index contributed by atoms with van der Waals surface area (Å²) in [4.78, 5) is 4.64. The highest BCUT2D eigenvalue weighted by atomic mass is 35.5. The van der Waals surface area contributed by atoms with Crippen molar-refractivity contribution in [3.8, 4) is 0 Å². The maximum absolute atomic E-state index is 5.91. The highest BCUT2D eigenvalue weighted by Gasteiger charge is 2.06.